The van der Waals surface area contributed by atoms with Crippen LogP contribution in [-0.4, -0.2) is 28.5 Å². The van der Waals surface area contributed by atoms with Crippen LogP contribution in [0, 0.1) is 0 Å². The molecule has 7 heteroatoms. The second-order valence-corrected chi connectivity index (χ2v) is 5.46. The number of nitrogens with zero attached hydrogens (tertiary/aromatic N) is 3. The molecule has 18 heavy (non-hydrogen) atoms. The molecule has 0 saturated carbocycles. The van der Waals surface area contributed by atoms with E-state index >= 15 is 0 Å². The lowest BCUT2D eigenvalue weighted by molar-refractivity contribution is -0.119. The lowest BCUT2D eigenvalue weighted by Gasteiger charge is -2.23. The van der Waals surface area contributed by atoms with Crippen LogP contribution in [0.4, 0.5) is 5.82 Å². The zero-order valence-corrected chi connectivity index (χ0v) is 11.0. The van der Waals surface area contributed by atoms with Crippen molar-refractivity contribution >= 4 is 44.9 Å². The molecule has 1 aliphatic heterocycles. The van der Waals surface area contributed by atoms with Crippen molar-refractivity contribution in [1.82, 2.24) is 9.97 Å². The first-order valence-corrected chi connectivity index (χ1v) is 6.89. The molecule has 1 amide bonds. The molecular weight excluding hydrogens is 272 g/mol. The van der Waals surface area contributed by atoms with Crippen molar-refractivity contribution in [2.45, 2.75) is 18.9 Å². The van der Waals surface area contributed by atoms with Crippen molar-refractivity contribution in [2.75, 3.05) is 11.4 Å². The van der Waals surface area contributed by atoms with Gasteiger partial charge in [-0.3, -0.25) is 4.79 Å². The fraction of sp³-hybridized carbons (Fsp3) is 0.364. The van der Waals surface area contributed by atoms with E-state index in [0.717, 1.165) is 35.4 Å². The Morgan fingerprint density at radius 1 is 1.56 bits per heavy atom. The van der Waals surface area contributed by atoms with Crippen LogP contribution >= 0.6 is 22.9 Å². The van der Waals surface area contributed by atoms with Gasteiger partial charge in [-0.05, 0) is 35.9 Å². The van der Waals surface area contributed by atoms with Crippen LogP contribution in [-0.2, 0) is 4.79 Å². The number of hydrogen-bond donors (Lipinski definition) is 1. The second-order valence-electron chi connectivity index (χ2n) is 4.20. The number of anilines is 1. The van der Waals surface area contributed by atoms with E-state index in [9.17, 15) is 4.79 Å². The molecule has 3 rings (SSSR count). The molecule has 1 aliphatic rings. The van der Waals surface area contributed by atoms with Gasteiger partial charge < -0.3 is 10.6 Å². The third-order valence-corrected chi connectivity index (χ3v) is 4.18. The minimum absolute atomic E-state index is 0.200. The van der Waals surface area contributed by atoms with Gasteiger partial charge in [0, 0.05) is 6.54 Å². The number of primary amides is 1. The summed E-state index contributed by atoms with van der Waals surface area (Å²) in [6.07, 6.45) is 1.70. The molecule has 0 radical (unpaired) electrons. The topological polar surface area (TPSA) is 72.1 Å². The Hall–Kier alpha value is -1.40. The van der Waals surface area contributed by atoms with Gasteiger partial charge in [0.2, 0.25) is 11.2 Å². The number of carbonyl (C=O) groups excluding carboxylic acids is 1. The predicted molar refractivity (Wildman–Crippen MR) is 72.0 cm³/mol. The number of rotatable bonds is 2. The zero-order chi connectivity index (χ0) is 12.7. The maximum atomic E-state index is 11.5. The number of hydrogen-bond acceptors (Lipinski definition) is 5. The molecule has 5 nitrogen and oxygen atoms in total. The van der Waals surface area contributed by atoms with Crippen LogP contribution in [0.1, 0.15) is 12.8 Å². The second kappa shape index (κ2) is 4.37. The fourth-order valence-corrected chi connectivity index (χ4v) is 3.34. The number of amides is 1. The zero-order valence-electron chi connectivity index (χ0n) is 9.47. The van der Waals surface area contributed by atoms with Gasteiger partial charge >= 0.3 is 0 Å². The molecule has 0 aliphatic carbocycles. The Bertz CT molecular complexity index is 614. The molecule has 1 saturated heterocycles. The van der Waals surface area contributed by atoms with Crippen LogP contribution < -0.4 is 10.6 Å². The first-order valence-electron chi connectivity index (χ1n) is 5.63. The molecule has 94 valence electrons. The Kier molecular flexibility index (Phi) is 2.83. The van der Waals surface area contributed by atoms with Crippen LogP contribution in [0.2, 0.25) is 5.28 Å². The number of fused-ring (bicyclic) bond motifs is 1. The summed E-state index contributed by atoms with van der Waals surface area (Å²) in [5.74, 6) is 0.410. The summed E-state index contributed by atoms with van der Waals surface area (Å²) in [6.45, 7) is 0.772. The van der Waals surface area contributed by atoms with Crippen LogP contribution in [0.3, 0.4) is 0 Å². The summed E-state index contributed by atoms with van der Waals surface area (Å²) in [5, 5.41) is 2.14. The van der Waals surface area contributed by atoms with Gasteiger partial charge in [0.25, 0.3) is 0 Å². The van der Waals surface area contributed by atoms with Crippen molar-refractivity contribution in [3.8, 4) is 0 Å². The molecule has 2 N–H and O–H groups in total. The van der Waals surface area contributed by atoms with Crippen molar-refractivity contribution in [3.05, 3.63) is 16.7 Å². The van der Waals surface area contributed by atoms with E-state index in [4.69, 9.17) is 17.3 Å². The Balaban J connectivity index is 2.13. The van der Waals surface area contributed by atoms with E-state index in [1.165, 1.54) is 0 Å². The highest BCUT2D eigenvalue weighted by atomic mass is 35.5. The molecule has 1 atom stereocenters. The van der Waals surface area contributed by atoms with Crippen molar-refractivity contribution in [2.24, 2.45) is 5.73 Å². The van der Waals surface area contributed by atoms with Gasteiger partial charge in [0.05, 0.1) is 10.2 Å². The summed E-state index contributed by atoms with van der Waals surface area (Å²) in [4.78, 5) is 21.8. The van der Waals surface area contributed by atoms with Crippen molar-refractivity contribution in [1.29, 1.82) is 0 Å². The van der Waals surface area contributed by atoms with E-state index < -0.39 is 0 Å². The lowest BCUT2D eigenvalue weighted by atomic mass is 10.2. The van der Waals surface area contributed by atoms with Crippen molar-refractivity contribution < 1.29 is 4.79 Å². The number of halogens is 1. The minimum Gasteiger partial charge on any atom is -0.368 e. The predicted octanol–water partition coefficient (Wildman–Crippen LogP) is 1.80. The Morgan fingerprint density at radius 3 is 3.17 bits per heavy atom. The quantitative estimate of drug-likeness (QED) is 0.853. The van der Waals surface area contributed by atoms with Crippen molar-refractivity contribution in [3.63, 3.8) is 0 Å². The van der Waals surface area contributed by atoms with Crippen LogP contribution in [0.5, 0.6) is 0 Å². The molecule has 2 aromatic rings. The highest BCUT2D eigenvalue weighted by molar-refractivity contribution is 7.17. The molecule has 0 aromatic carbocycles. The smallest absolute Gasteiger partial charge is 0.240 e. The first kappa shape index (κ1) is 11.7. The molecule has 0 spiro atoms. The maximum Gasteiger partial charge on any atom is 0.240 e. The molecule has 3 heterocycles. The average molecular weight is 283 g/mol. The van der Waals surface area contributed by atoms with Gasteiger partial charge in [0.1, 0.15) is 6.04 Å². The summed E-state index contributed by atoms with van der Waals surface area (Å²) in [5.41, 5.74) is 6.24. The highest BCUT2D eigenvalue weighted by Gasteiger charge is 2.31. The highest BCUT2D eigenvalue weighted by Crippen LogP contribution is 2.33. The van der Waals surface area contributed by atoms with E-state index in [0.29, 0.717) is 0 Å². The Morgan fingerprint density at radius 2 is 2.39 bits per heavy atom. The lowest BCUT2D eigenvalue weighted by Crippen LogP contribution is -2.40. The van der Waals surface area contributed by atoms with Gasteiger partial charge in [-0.15, -0.1) is 11.3 Å². The minimum atomic E-state index is -0.313. The summed E-state index contributed by atoms with van der Waals surface area (Å²) >= 11 is 7.47. The van der Waals surface area contributed by atoms with Gasteiger partial charge in [0.15, 0.2) is 5.82 Å². The van der Waals surface area contributed by atoms with Gasteiger partial charge in [-0.25, -0.2) is 4.98 Å². The Labute approximate surface area is 113 Å². The summed E-state index contributed by atoms with van der Waals surface area (Å²) in [6, 6.07) is 1.60. The fourth-order valence-electron chi connectivity index (χ4n) is 2.33. The van der Waals surface area contributed by atoms with E-state index in [-0.39, 0.29) is 17.2 Å². The van der Waals surface area contributed by atoms with E-state index in [1.54, 1.807) is 11.3 Å². The van der Waals surface area contributed by atoms with E-state index in [2.05, 4.69) is 9.97 Å². The standard InChI is InChI=1S/C11H11ClN4OS/c12-11-14-6-3-5-18-8(6)10(15-11)16-4-1-2-7(16)9(13)17/h3,5,7H,1-2,4H2,(H2,13,17). The van der Waals surface area contributed by atoms with Crippen LogP contribution in [0.15, 0.2) is 11.4 Å². The number of carbonyl (C=O) groups is 1. The summed E-state index contributed by atoms with van der Waals surface area (Å²) in [7, 11) is 0. The normalized spacial score (nSPS) is 19.6. The van der Waals surface area contributed by atoms with Crippen LogP contribution in [0.25, 0.3) is 10.2 Å². The molecule has 2 aromatic heterocycles. The third-order valence-electron chi connectivity index (χ3n) is 3.11. The number of nitrogens with two attached hydrogens (primary N) is 1. The van der Waals surface area contributed by atoms with Gasteiger partial charge in [-0.1, -0.05) is 0 Å². The van der Waals surface area contributed by atoms with Gasteiger partial charge in [-0.2, -0.15) is 4.98 Å². The largest absolute Gasteiger partial charge is 0.368 e. The number of thiophene rings is 1. The molecule has 1 fully saturated rings. The molecular formula is C11H11ClN4OS. The molecule has 1 unspecified atom stereocenters. The first-order chi connectivity index (χ1) is 8.66. The molecule has 0 bridgehead atoms. The van der Waals surface area contributed by atoms with E-state index in [1.807, 2.05) is 16.3 Å². The maximum absolute atomic E-state index is 11.5. The SMILES string of the molecule is NC(=O)C1CCCN1c1nc(Cl)nc2ccsc12. The summed E-state index contributed by atoms with van der Waals surface area (Å²) < 4.78 is 0.951. The third kappa shape index (κ3) is 1.81. The number of aromatic nitrogens is 2. The average Bonchev–Trinajstić information content (AvgIpc) is 2.95. The monoisotopic (exact) mass is 282 g/mol.